The predicted octanol–water partition coefficient (Wildman–Crippen LogP) is 16.0. The Labute approximate surface area is 368 Å². The van der Waals surface area contributed by atoms with Crippen LogP contribution >= 0.6 is 0 Å². The molecule has 0 spiro atoms. The fourth-order valence-corrected chi connectivity index (χ4v) is 8.52. The Bertz CT molecular complexity index is 837. The molecule has 3 N–H and O–H groups in total. The van der Waals surface area contributed by atoms with E-state index in [2.05, 4.69) is 19.2 Å². The summed E-state index contributed by atoms with van der Waals surface area (Å²) in [5.74, 6) is -0.0425. The Morgan fingerprint density at radius 3 is 1.03 bits per heavy atom. The normalized spacial score (nSPS) is 12.5. The van der Waals surface area contributed by atoms with Gasteiger partial charge >= 0.3 is 5.97 Å². The molecule has 6 nitrogen and oxygen atoms in total. The van der Waals surface area contributed by atoms with Crippen molar-refractivity contribution in [3.05, 3.63) is 0 Å². The van der Waals surface area contributed by atoms with Gasteiger partial charge in [0.2, 0.25) is 5.91 Å². The number of amides is 1. The number of aliphatic hydroxyl groups excluding tert-OH is 2. The molecule has 0 aromatic carbocycles. The van der Waals surface area contributed by atoms with Crippen LogP contribution in [-0.2, 0) is 14.3 Å². The van der Waals surface area contributed by atoms with Crippen LogP contribution in [0, 0.1) is 0 Å². The second kappa shape index (κ2) is 49.5. The highest BCUT2D eigenvalue weighted by atomic mass is 16.5. The Balaban J connectivity index is 3.41. The van der Waals surface area contributed by atoms with Gasteiger partial charge in [-0.05, 0) is 25.7 Å². The summed E-state index contributed by atoms with van der Waals surface area (Å²) in [6.07, 6.45) is 55.0. The second-order valence-electron chi connectivity index (χ2n) is 18.6. The zero-order chi connectivity index (χ0) is 43.0. The Hall–Kier alpha value is -1.14. The van der Waals surface area contributed by atoms with E-state index in [0.717, 1.165) is 51.4 Å². The van der Waals surface area contributed by atoms with Crippen molar-refractivity contribution < 1.29 is 24.5 Å². The molecule has 0 aliphatic heterocycles. The van der Waals surface area contributed by atoms with Crippen molar-refractivity contribution in [3.63, 3.8) is 0 Å². The van der Waals surface area contributed by atoms with Crippen LogP contribution in [0.15, 0.2) is 0 Å². The molecule has 0 aromatic rings. The summed E-state index contributed by atoms with van der Waals surface area (Å²) in [7, 11) is 0. The van der Waals surface area contributed by atoms with Gasteiger partial charge in [-0.1, -0.05) is 264 Å². The Morgan fingerprint density at radius 2 is 0.695 bits per heavy atom. The van der Waals surface area contributed by atoms with Gasteiger partial charge < -0.3 is 20.3 Å². The predicted molar refractivity (Wildman–Crippen MR) is 255 cm³/mol. The van der Waals surface area contributed by atoms with Gasteiger partial charge in [-0.3, -0.25) is 9.59 Å². The lowest BCUT2D eigenvalue weighted by Crippen LogP contribution is -2.45. The molecule has 0 saturated carbocycles. The topological polar surface area (TPSA) is 95.9 Å². The summed E-state index contributed by atoms with van der Waals surface area (Å²) in [5.41, 5.74) is 0. The number of unbranched alkanes of at least 4 members (excludes halogenated alkanes) is 39. The first kappa shape index (κ1) is 57.9. The molecule has 2 unspecified atom stereocenters. The largest absolute Gasteiger partial charge is 0.466 e. The second-order valence-corrected chi connectivity index (χ2v) is 18.6. The molecule has 2 atom stereocenters. The van der Waals surface area contributed by atoms with Crippen molar-refractivity contribution >= 4 is 11.9 Å². The van der Waals surface area contributed by atoms with Crippen LogP contribution in [0.3, 0.4) is 0 Å². The maximum atomic E-state index is 12.4. The number of carbonyl (C=O) groups is 2. The number of nitrogens with one attached hydrogen (secondary N) is 1. The van der Waals surface area contributed by atoms with Gasteiger partial charge in [0.05, 0.1) is 25.4 Å². The van der Waals surface area contributed by atoms with Crippen molar-refractivity contribution in [3.8, 4) is 0 Å². The highest BCUT2D eigenvalue weighted by Crippen LogP contribution is 2.17. The third-order valence-corrected chi connectivity index (χ3v) is 12.7. The van der Waals surface area contributed by atoms with Gasteiger partial charge in [0, 0.05) is 12.8 Å². The number of esters is 1. The van der Waals surface area contributed by atoms with E-state index in [9.17, 15) is 19.8 Å². The highest BCUT2D eigenvalue weighted by molar-refractivity contribution is 5.76. The molecule has 0 fully saturated rings. The van der Waals surface area contributed by atoms with Gasteiger partial charge in [0.15, 0.2) is 0 Å². The van der Waals surface area contributed by atoms with Crippen LogP contribution in [0.25, 0.3) is 0 Å². The number of hydrogen-bond donors (Lipinski definition) is 3. The summed E-state index contributed by atoms with van der Waals surface area (Å²) < 4.78 is 5.47. The molecule has 0 saturated heterocycles. The summed E-state index contributed by atoms with van der Waals surface area (Å²) in [6.45, 7) is 4.95. The fraction of sp³-hybridized carbons (Fsp3) is 0.962. The minimum atomic E-state index is -0.669. The monoisotopic (exact) mass is 836 g/mol. The number of aliphatic hydroxyl groups is 2. The summed E-state index contributed by atoms with van der Waals surface area (Å²) >= 11 is 0. The lowest BCUT2D eigenvalue weighted by Gasteiger charge is -2.22. The van der Waals surface area contributed by atoms with Crippen molar-refractivity contribution in [1.82, 2.24) is 5.32 Å². The number of carbonyl (C=O) groups excluding carboxylic acids is 2. The summed E-state index contributed by atoms with van der Waals surface area (Å²) in [6, 6.07) is -0.547. The van der Waals surface area contributed by atoms with Gasteiger partial charge in [-0.25, -0.2) is 0 Å². The third-order valence-electron chi connectivity index (χ3n) is 12.7. The summed E-state index contributed by atoms with van der Waals surface area (Å²) in [5, 5.41) is 23.2. The third kappa shape index (κ3) is 46.2. The van der Waals surface area contributed by atoms with Gasteiger partial charge in [0.25, 0.3) is 0 Å². The maximum absolute atomic E-state index is 12.4. The van der Waals surface area contributed by atoms with Crippen LogP contribution in [0.2, 0.25) is 0 Å². The van der Waals surface area contributed by atoms with E-state index in [1.165, 1.54) is 218 Å². The van der Waals surface area contributed by atoms with Crippen LogP contribution < -0.4 is 5.32 Å². The molecule has 0 radical (unpaired) electrons. The first-order valence-corrected chi connectivity index (χ1v) is 26.8. The van der Waals surface area contributed by atoms with E-state index in [1.807, 2.05) is 0 Å². The minimum Gasteiger partial charge on any atom is -0.466 e. The smallest absolute Gasteiger partial charge is 0.305 e. The maximum Gasteiger partial charge on any atom is 0.305 e. The molecular weight excluding hydrogens is 731 g/mol. The number of rotatable bonds is 50. The van der Waals surface area contributed by atoms with Crippen LogP contribution in [0.4, 0.5) is 0 Å². The van der Waals surface area contributed by atoms with Crippen molar-refractivity contribution in [1.29, 1.82) is 0 Å². The van der Waals surface area contributed by atoms with Gasteiger partial charge in [0.1, 0.15) is 0 Å². The van der Waals surface area contributed by atoms with Crippen LogP contribution in [0.1, 0.15) is 303 Å². The molecule has 0 aliphatic rings. The average Bonchev–Trinajstić information content (AvgIpc) is 3.24. The first-order valence-electron chi connectivity index (χ1n) is 26.8. The van der Waals surface area contributed by atoms with E-state index in [-0.39, 0.29) is 18.5 Å². The van der Waals surface area contributed by atoms with Crippen molar-refractivity contribution in [2.24, 2.45) is 0 Å². The van der Waals surface area contributed by atoms with E-state index in [4.69, 9.17) is 4.74 Å². The first-order chi connectivity index (χ1) is 29.0. The Kier molecular flexibility index (Phi) is 48.6. The lowest BCUT2D eigenvalue weighted by molar-refractivity contribution is -0.143. The Morgan fingerprint density at radius 1 is 0.407 bits per heavy atom. The molecule has 1 amide bonds. The van der Waals surface area contributed by atoms with E-state index in [1.54, 1.807) is 0 Å². The fourth-order valence-electron chi connectivity index (χ4n) is 8.52. The number of ether oxygens (including phenoxy) is 1. The van der Waals surface area contributed by atoms with E-state index < -0.39 is 12.1 Å². The van der Waals surface area contributed by atoms with Crippen LogP contribution in [-0.4, -0.2) is 47.4 Å². The standard InChI is InChI=1S/C53H105NO5/c1-3-5-7-9-11-13-15-17-18-23-27-31-35-39-43-47-53(58)59-48-44-40-36-32-28-24-20-19-22-26-30-34-38-42-46-52(57)54-50(49-55)51(56)45-41-37-33-29-25-21-16-14-12-10-8-6-4-2/h50-51,55-56H,3-49H2,1-2H3,(H,54,57). The van der Waals surface area contributed by atoms with E-state index in [0.29, 0.717) is 25.9 Å². The van der Waals surface area contributed by atoms with Gasteiger partial charge in [-0.15, -0.1) is 0 Å². The van der Waals surface area contributed by atoms with Crippen molar-refractivity contribution in [2.45, 2.75) is 315 Å². The quantitative estimate of drug-likeness (QED) is 0.0419. The SMILES string of the molecule is CCCCCCCCCCCCCCCCCC(=O)OCCCCCCCCCCCCCCCCC(=O)NC(CO)C(O)CCCCCCCCCCCCCCC. The molecule has 0 bridgehead atoms. The molecule has 0 aromatic heterocycles. The zero-order valence-electron chi connectivity index (χ0n) is 40.0. The molecule has 0 heterocycles. The van der Waals surface area contributed by atoms with Gasteiger partial charge in [-0.2, -0.15) is 0 Å². The average molecular weight is 836 g/mol. The zero-order valence-corrected chi connectivity index (χ0v) is 40.0. The molecule has 59 heavy (non-hydrogen) atoms. The lowest BCUT2D eigenvalue weighted by atomic mass is 10.0. The minimum absolute atomic E-state index is 0.00134. The molecular formula is C53H105NO5. The number of hydrogen-bond acceptors (Lipinski definition) is 5. The van der Waals surface area contributed by atoms with Crippen LogP contribution in [0.5, 0.6) is 0 Å². The molecule has 0 rings (SSSR count). The highest BCUT2D eigenvalue weighted by Gasteiger charge is 2.20. The molecule has 6 heteroatoms. The molecule has 0 aliphatic carbocycles. The van der Waals surface area contributed by atoms with E-state index >= 15 is 0 Å². The molecule has 352 valence electrons. The van der Waals surface area contributed by atoms with Crippen molar-refractivity contribution in [2.75, 3.05) is 13.2 Å². The summed E-state index contributed by atoms with van der Waals surface area (Å²) in [4.78, 5) is 24.5.